The van der Waals surface area contributed by atoms with Crippen molar-refractivity contribution in [2.75, 3.05) is 0 Å². The molecular weight excluding hydrogens is 222 g/mol. The first kappa shape index (κ1) is 13.3. The molecule has 0 spiro atoms. The molecule has 1 aromatic rings. The van der Waals surface area contributed by atoms with Crippen molar-refractivity contribution >= 4 is 0 Å². The van der Waals surface area contributed by atoms with E-state index in [-0.39, 0.29) is 0 Å². The van der Waals surface area contributed by atoms with Crippen LogP contribution in [0.25, 0.3) is 0 Å². The van der Waals surface area contributed by atoms with Crippen molar-refractivity contribution in [2.24, 2.45) is 17.8 Å². The Morgan fingerprint density at radius 2 is 2.28 bits per heavy atom. The third-order valence-electron chi connectivity index (χ3n) is 4.27. The Bertz CT molecular complexity index is 394. The van der Waals surface area contributed by atoms with Crippen molar-refractivity contribution < 1.29 is 4.57 Å². The zero-order valence-electron chi connectivity index (χ0n) is 11.9. The van der Waals surface area contributed by atoms with Crippen LogP contribution in [0, 0.1) is 17.8 Å². The number of aromatic nitrogens is 3. The molecule has 3 atom stereocenters. The standard InChI is InChI=1S/C15H26N3/c1-5-8-17-10-16-18(11-17)15-9-13(4)6-7-14(15)12(2)3/h5,10-15H,1,6-9H2,2-4H3/q+1/t13-,14?,15?/m1/s1. The summed E-state index contributed by atoms with van der Waals surface area (Å²) in [5.41, 5.74) is 0. The maximum atomic E-state index is 4.56. The fraction of sp³-hybridized carbons (Fsp3) is 0.733. The summed E-state index contributed by atoms with van der Waals surface area (Å²) in [6.45, 7) is 11.7. The molecule has 1 heterocycles. The summed E-state index contributed by atoms with van der Waals surface area (Å²) in [6.07, 6.45) is 9.93. The van der Waals surface area contributed by atoms with E-state index < -0.39 is 0 Å². The van der Waals surface area contributed by atoms with Gasteiger partial charge in [0, 0.05) is 5.10 Å². The zero-order valence-corrected chi connectivity index (χ0v) is 11.9. The minimum atomic E-state index is 0.569. The molecule has 1 aliphatic rings. The van der Waals surface area contributed by atoms with E-state index in [0.29, 0.717) is 6.04 Å². The quantitative estimate of drug-likeness (QED) is 0.593. The van der Waals surface area contributed by atoms with Gasteiger partial charge in [0.2, 0.25) is 6.33 Å². The lowest BCUT2D eigenvalue weighted by atomic mass is 9.74. The summed E-state index contributed by atoms with van der Waals surface area (Å²) >= 11 is 0. The summed E-state index contributed by atoms with van der Waals surface area (Å²) in [6, 6.07) is 0.569. The topological polar surface area (TPSA) is 21.7 Å². The Kier molecular flexibility index (Phi) is 4.20. The van der Waals surface area contributed by atoms with E-state index >= 15 is 0 Å². The van der Waals surface area contributed by atoms with Crippen LogP contribution in [0.1, 0.15) is 46.1 Å². The molecule has 1 saturated carbocycles. The summed E-state index contributed by atoms with van der Waals surface area (Å²) in [5, 5.41) is 4.56. The highest BCUT2D eigenvalue weighted by molar-refractivity contribution is 4.83. The second-order valence-electron chi connectivity index (χ2n) is 6.11. The normalized spacial score (nSPS) is 28.6. The average molecular weight is 248 g/mol. The van der Waals surface area contributed by atoms with Gasteiger partial charge in [-0.1, -0.05) is 39.8 Å². The van der Waals surface area contributed by atoms with Crippen molar-refractivity contribution in [1.29, 1.82) is 0 Å². The summed E-state index contributed by atoms with van der Waals surface area (Å²) in [4.78, 5) is 0. The highest BCUT2D eigenvalue weighted by Crippen LogP contribution is 2.40. The van der Waals surface area contributed by atoms with E-state index in [4.69, 9.17) is 0 Å². The first-order chi connectivity index (χ1) is 8.61. The van der Waals surface area contributed by atoms with Crippen LogP contribution in [0.3, 0.4) is 0 Å². The molecular formula is C15H26N3+. The van der Waals surface area contributed by atoms with Crippen LogP contribution >= 0.6 is 0 Å². The van der Waals surface area contributed by atoms with Gasteiger partial charge in [0.15, 0.2) is 0 Å². The van der Waals surface area contributed by atoms with Crippen molar-refractivity contribution in [1.82, 2.24) is 9.78 Å². The Balaban J connectivity index is 2.17. The molecule has 2 rings (SSSR count). The molecule has 100 valence electrons. The molecule has 0 amide bonds. The molecule has 0 aromatic carbocycles. The predicted octanol–water partition coefficient (Wildman–Crippen LogP) is 2.99. The van der Waals surface area contributed by atoms with Crippen LogP contribution in [0.5, 0.6) is 0 Å². The molecule has 3 nitrogen and oxygen atoms in total. The van der Waals surface area contributed by atoms with Crippen molar-refractivity contribution in [2.45, 2.75) is 52.6 Å². The number of allylic oxidation sites excluding steroid dienone is 1. The molecule has 1 aliphatic carbocycles. The molecule has 2 unspecified atom stereocenters. The van der Waals surface area contributed by atoms with Gasteiger partial charge in [-0.25, -0.2) is 4.57 Å². The summed E-state index contributed by atoms with van der Waals surface area (Å²) < 4.78 is 4.29. The van der Waals surface area contributed by atoms with Gasteiger partial charge < -0.3 is 0 Å². The fourth-order valence-corrected chi connectivity index (χ4v) is 3.21. The molecule has 0 N–H and O–H groups in total. The van der Waals surface area contributed by atoms with Gasteiger partial charge in [0.1, 0.15) is 6.04 Å². The monoisotopic (exact) mass is 248 g/mol. The lowest BCUT2D eigenvalue weighted by Crippen LogP contribution is -2.33. The van der Waals surface area contributed by atoms with Gasteiger partial charge in [-0.2, -0.15) is 0 Å². The van der Waals surface area contributed by atoms with Crippen molar-refractivity contribution in [3.63, 3.8) is 0 Å². The number of nitrogens with zero attached hydrogens (tertiary/aromatic N) is 3. The largest absolute Gasteiger partial charge is 0.265 e. The molecule has 3 heteroatoms. The first-order valence-electron chi connectivity index (χ1n) is 7.16. The maximum absolute atomic E-state index is 4.56. The van der Waals surface area contributed by atoms with Crippen LogP contribution < -0.4 is 4.57 Å². The predicted molar refractivity (Wildman–Crippen MR) is 73.0 cm³/mol. The van der Waals surface area contributed by atoms with E-state index in [0.717, 1.165) is 24.3 Å². The molecule has 1 fully saturated rings. The Morgan fingerprint density at radius 3 is 2.94 bits per heavy atom. The minimum Gasteiger partial charge on any atom is -0.234 e. The van der Waals surface area contributed by atoms with Crippen LogP contribution in [0.4, 0.5) is 0 Å². The highest BCUT2D eigenvalue weighted by Gasteiger charge is 2.35. The third-order valence-corrected chi connectivity index (χ3v) is 4.27. The van der Waals surface area contributed by atoms with Gasteiger partial charge >= 0.3 is 0 Å². The van der Waals surface area contributed by atoms with Crippen molar-refractivity contribution in [3.8, 4) is 0 Å². The van der Waals surface area contributed by atoms with Crippen LogP contribution in [0.15, 0.2) is 25.3 Å². The molecule has 0 aliphatic heterocycles. The van der Waals surface area contributed by atoms with Gasteiger partial charge in [-0.3, -0.25) is 0 Å². The Hall–Kier alpha value is -1.12. The van der Waals surface area contributed by atoms with Crippen LogP contribution in [-0.4, -0.2) is 9.78 Å². The second-order valence-corrected chi connectivity index (χ2v) is 6.11. The number of hydrogen-bond acceptors (Lipinski definition) is 1. The summed E-state index contributed by atoms with van der Waals surface area (Å²) in [7, 11) is 0. The van der Waals surface area contributed by atoms with Gasteiger partial charge in [-0.05, 0) is 30.6 Å². The molecule has 0 saturated heterocycles. The second kappa shape index (κ2) is 5.68. The maximum Gasteiger partial charge on any atom is 0.265 e. The molecule has 1 aromatic heterocycles. The fourth-order valence-electron chi connectivity index (χ4n) is 3.21. The molecule has 0 bridgehead atoms. The minimum absolute atomic E-state index is 0.569. The van der Waals surface area contributed by atoms with E-state index in [2.05, 4.69) is 48.0 Å². The average Bonchev–Trinajstić information content (AvgIpc) is 2.77. The molecule has 18 heavy (non-hydrogen) atoms. The number of rotatable bonds is 4. The van der Waals surface area contributed by atoms with Crippen molar-refractivity contribution in [3.05, 3.63) is 25.3 Å². The SMILES string of the molecule is C=CC[n+]1cnn(C2C[C@H](C)CCC2C(C)C)c1. The van der Waals surface area contributed by atoms with Crippen LogP contribution in [0.2, 0.25) is 0 Å². The van der Waals surface area contributed by atoms with Crippen LogP contribution in [-0.2, 0) is 6.54 Å². The lowest BCUT2D eigenvalue weighted by Gasteiger charge is -2.34. The third kappa shape index (κ3) is 2.82. The summed E-state index contributed by atoms with van der Waals surface area (Å²) in [5.74, 6) is 2.32. The van der Waals surface area contributed by atoms with Gasteiger partial charge in [-0.15, -0.1) is 4.68 Å². The van der Waals surface area contributed by atoms with E-state index in [1.54, 1.807) is 0 Å². The highest BCUT2D eigenvalue weighted by atomic mass is 15.4. The van der Waals surface area contributed by atoms with E-state index in [1.165, 1.54) is 19.3 Å². The lowest BCUT2D eigenvalue weighted by molar-refractivity contribution is -0.687. The molecule has 0 radical (unpaired) electrons. The van der Waals surface area contributed by atoms with Gasteiger partial charge in [0.05, 0.1) is 6.54 Å². The number of hydrogen-bond donors (Lipinski definition) is 0. The van der Waals surface area contributed by atoms with E-state index in [9.17, 15) is 0 Å². The Morgan fingerprint density at radius 1 is 1.50 bits per heavy atom. The smallest absolute Gasteiger partial charge is 0.234 e. The van der Waals surface area contributed by atoms with Gasteiger partial charge in [0.25, 0.3) is 6.33 Å². The van der Waals surface area contributed by atoms with E-state index in [1.807, 2.05) is 12.4 Å². The Labute approximate surface area is 111 Å². The zero-order chi connectivity index (χ0) is 13.1. The first-order valence-corrected chi connectivity index (χ1v) is 7.16.